The molecular formula is C12H8ClNO2. The Morgan fingerprint density at radius 3 is 2.94 bits per heavy atom. The van der Waals surface area contributed by atoms with E-state index in [0.29, 0.717) is 10.7 Å². The van der Waals surface area contributed by atoms with Gasteiger partial charge in [0.1, 0.15) is 5.75 Å². The molecule has 0 saturated heterocycles. The predicted molar refractivity (Wildman–Crippen MR) is 63.1 cm³/mol. The van der Waals surface area contributed by atoms with E-state index in [0.717, 1.165) is 22.0 Å². The number of methoxy groups -OCH3 is 1. The van der Waals surface area contributed by atoms with E-state index in [1.165, 1.54) is 0 Å². The summed E-state index contributed by atoms with van der Waals surface area (Å²) < 4.78 is 10.4. The lowest BCUT2D eigenvalue weighted by Crippen LogP contribution is -1.85. The number of ether oxygens (including phenoxy) is 1. The fourth-order valence-corrected chi connectivity index (χ4v) is 2.03. The summed E-state index contributed by atoms with van der Waals surface area (Å²) in [7, 11) is 1.62. The first-order valence-electron chi connectivity index (χ1n) is 4.80. The summed E-state index contributed by atoms with van der Waals surface area (Å²) in [5.74, 6) is 0.752. The van der Waals surface area contributed by atoms with Crippen molar-refractivity contribution in [3.05, 3.63) is 35.6 Å². The lowest BCUT2D eigenvalue weighted by molar-refractivity contribution is 0.415. The number of benzene rings is 1. The molecular weight excluding hydrogens is 226 g/mol. The van der Waals surface area contributed by atoms with E-state index in [9.17, 15) is 0 Å². The molecule has 0 spiro atoms. The highest BCUT2D eigenvalue weighted by atomic mass is 35.5. The number of halogens is 1. The first-order chi connectivity index (χ1) is 7.79. The van der Waals surface area contributed by atoms with Crippen molar-refractivity contribution in [1.82, 2.24) is 4.98 Å². The van der Waals surface area contributed by atoms with Crippen LogP contribution in [0.1, 0.15) is 0 Å². The third-order valence-electron chi connectivity index (χ3n) is 2.54. The van der Waals surface area contributed by atoms with Crippen molar-refractivity contribution in [1.29, 1.82) is 0 Å². The summed E-state index contributed by atoms with van der Waals surface area (Å²) in [4.78, 5) is 4.38. The van der Waals surface area contributed by atoms with E-state index in [-0.39, 0.29) is 0 Å². The topological polar surface area (TPSA) is 35.3 Å². The lowest BCUT2D eigenvalue weighted by Gasteiger charge is -2.03. The summed E-state index contributed by atoms with van der Waals surface area (Å²) in [5.41, 5.74) is 1.32. The predicted octanol–water partition coefficient (Wildman–Crippen LogP) is 3.64. The van der Waals surface area contributed by atoms with Crippen LogP contribution in [0.25, 0.3) is 22.0 Å². The van der Waals surface area contributed by atoms with Crippen LogP contribution < -0.4 is 4.74 Å². The highest BCUT2D eigenvalue weighted by molar-refractivity contribution is 6.40. The second-order valence-corrected chi connectivity index (χ2v) is 3.83. The van der Waals surface area contributed by atoms with Crippen LogP contribution >= 0.6 is 11.6 Å². The standard InChI is InChI=1S/C12H8ClNO2/c1-15-7-2-3-8-10(6-7)14-12-9(11(8)13)4-5-16-12/h2-6H,1H3. The zero-order valence-corrected chi connectivity index (χ0v) is 9.28. The van der Waals surface area contributed by atoms with Crippen molar-refractivity contribution in [3.8, 4) is 5.75 Å². The second-order valence-electron chi connectivity index (χ2n) is 3.45. The Bertz CT molecular complexity index is 675. The second kappa shape index (κ2) is 3.39. The average Bonchev–Trinajstić information content (AvgIpc) is 2.77. The highest BCUT2D eigenvalue weighted by Crippen LogP contribution is 2.32. The molecule has 0 saturated carbocycles. The first-order valence-corrected chi connectivity index (χ1v) is 5.18. The average molecular weight is 234 g/mol. The van der Waals surface area contributed by atoms with Gasteiger partial charge in [-0.25, -0.2) is 4.98 Å². The smallest absolute Gasteiger partial charge is 0.227 e. The number of fused-ring (bicyclic) bond motifs is 2. The van der Waals surface area contributed by atoms with Crippen molar-refractivity contribution in [2.24, 2.45) is 0 Å². The van der Waals surface area contributed by atoms with Gasteiger partial charge >= 0.3 is 0 Å². The molecule has 2 heterocycles. The van der Waals surface area contributed by atoms with Crippen molar-refractivity contribution in [2.75, 3.05) is 7.11 Å². The van der Waals surface area contributed by atoms with E-state index < -0.39 is 0 Å². The molecule has 0 amide bonds. The van der Waals surface area contributed by atoms with E-state index in [1.807, 2.05) is 24.3 Å². The largest absolute Gasteiger partial charge is 0.497 e. The summed E-state index contributed by atoms with van der Waals surface area (Å²) in [5, 5.41) is 2.40. The lowest BCUT2D eigenvalue weighted by atomic mass is 10.2. The molecule has 4 heteroatoms. The molecule has 16 heavy (non-hydrogen) atoms. The molecule has 0 aliphatic rings. The third kappa shape index (κ3) is 1.25. The van der Waals surface area contributed by atoms with Crippen LogP contribution in [0.2, 0.25) is 5.02 Å². The Balaban J connectivity index is 2.46. The molecule has 0 bridgehead atoms. The molecule has 0 fully saturated rings. The number of pyridine rings is 1. The van der Waals surface area contributed by atoms with E-state index in [2.05, 4.69) is 4.98 Å². The van der Waals surface area contributed by atoms with Crippen LogP contribution in [0.5, 0.6) is 5.75 Å². The van der Waals surface area contributed by atoms with Gasteiger partial charge in [0.15, 0.2) is 0 Å². The maximum Gasteiger partial charge on any atom is 0.227 e. The zero-order valence-electron chi connectivity index (χ0n) is 8.53. The van der Waals surface area contributed by atoms with Gasteiger partial charge in [0, 0.05) is 11.5 Å². The molecule has 0 radical (unpaired) electrons. The molecule has 0 aliphatic heterocycles. The number of hydrogen-bond donors (Lipinski definition) is 0. The number of nitrogens with zero attached hydrogens (tertiary/aromatic N) is 1. The first kappa shape index (κ1) is 9.48. The normalized spacial score (nSPS) is 11.1. The van der Waals surface area contributed by atoms with Gasteiger partial charge in [-0.15, -0.1) is 0 Å². The number of rotatable bonds is 1. The Hall–Kier alpha value is -1.74. The van der Waals surface area contributed by atoms with Gasteiger partial charge in [-0.3, -0.25) is 0 Å². The molecule has 3 nitrogen and oxygen atoms in total. The summed E-state index contributed by atoms with van der Waals surface area (Å²) in [6.07, 6.45) is 1.58. The van der Waals surface area contributed by atoms with Gasteiger partial charge in [0.2, 0.25) is 5.71 Å². The minimum absolute atomic E-state index is 0.547. The van der Waals surface area contributed by atoms with Gasteiger partial charge < -0.3 is 9.15 Å². The van der Waals surface area contributed by atoms with Crippen LogP contribution in [0, 0.1) is 0 Å². The number of aromatic nitrogens is 1. The van der Waals surface area contributed by atoms with Gasteiger partial charge in [-0.05, 0) is 18.2 Å². The Morgan fingerprint density at radius 2 is 2.12 bits per heavy atom. The van der Waals surface area contributed by atoms with E-state index in [1.54, 1.807) is 13.4 Å². The van der Waals surface area contributed by atoms with Gasteiger partial charge in [0.05, 0.1) is 29.3 Å². The van der Waals surface area contributed by atoms with Crippen molar-refractivity contribution in [3.63, 3.8) is 0 Å². The fourth-order valence-electron chi connectivity index (χ4n) is 1.73. The summed E-state index contributed by atoms with van der Waals surface area (Å²) in [6, 6.07) is 7.41. The molecule has 3 aromatic rings. The molecule has 3 rings (SSSR count). The summed E-state index contributed by atoms with van der Waals surface area (Å²) >= 11 is 6.27. The van der Waals surface area contributed by atoms with Crippen molar-refractivity contribution < 1.29 is 9.15 Å². The SMILES string of the molecule is COc1ccc2c(Cl)c3ccoc3nc2c1. The van der Waals surface area contributed by atoms with Crippen molar-refractivity contribution in [2.45, 2.75) is 0 Å². The third-order valence-corrected chi connectivity index (χ3v) is 2.95. The van der Waals surface area contributed by atoms with E-state index in [4.69, 9.17) is 20.8 Å². The highest BCUT2D eigenvalue weighted by Gasteiger charge is 2.09. The van der Waals surface area contributed by atoms with Crippen LogP contribution in [0.3, 0.4) is 0 Å². The molecule has 0 N–H and O–H groups in total. The van der Waals surface area contributed by atoms with Crippen LogP contribution in [-0.4, -0.2) is 12.1 Å². The van der Waals surface area contributed by atoms with Gasteiger partial charge in [0.25, 0.3) is 0 Å². The Labute approximate surface area is 96.6 Å². The van der Waals surface area contributed by atoms with Crippen LogP contribution in [-0.2, 0) is 0 Å². The van der Waals surface area contributed by atoms with Crippen LogP contribution in [0.15, 0.2) is 34.9 Å². The maximum absolute atomic E-state index is 6.27. The monoisotopic (exact) mass is 233 g/mol. The number of hydrogen-bond acceptors (Lipinski definition) is 3. The molecule has 1 aromatic carbocycles. The maximum atomic E-state index is 6.27. The van der Waals surface area contributed by atoms with Crippen LogP contribution in [0.4, 0.5) is 0 Å². The minimum Gasteiger partial charge on any atom is -0.497 e. The van der Waals surface area contributed by atoms with Gasteiger partial charge in [-0.2, -0.15) is 0 Å². The molecule has 0 atom stereocenters. The van der Waals surface area contributed by atoms with Crippen molar-refractivity contribution >= 4 is 33.6 Å². The van der Waals surface area contributed by atoms with Gasteiger partial charge in [-0.1, -0.05) is 11.6 Å². The van der Waals surface area contributed by atoms with E-state index >= 15 is 0 Å². The Morgan fingerprint density at radius 1 is 1.25 bits per heavy atom. The molecule has 0 aliphatic carbocycles. The zero-order chi connectivity index (χ0) is 11.1. The fraction of sp³-hybridized carbons (Fsp3) is 0.0833. The Kier molecular flexibility index (Phi) is 2.01. The minimum atomic E-state index is 0.547. The summed E-state index contributed by atoms with van der Waals surface area (Å²) in [6.45, 7) is 0. The molecule has 80 valence electrons. The molecule has 2 aromatic heterocycles. The number of furan rings is 1. The molecule has 0 unspecified atom stereocenters. The quantitative estimate of drug-likeness (QED) is 0.644.